The average Bonchev–Trinajstić information content (AvgIpc) is 2.95. The number of fused-ring (bicyclic) bond motifs is 1. The van der Waals surface area contributed by atoms with Crippen molar-refractivity contribution in [2.75, 3.05) is 13.2 Å². The summed E-state index contributed by atoms with van der Waals surface area (Å²) < 4.78 is 5.06. The fraction of sp³-hybridized carbons (Fsp3) is 0.450. The summed E-state index contributed by atoms with van der Waals surface area (Å²) in [7, 11) is 0. The van der Waals surface area contributed by atoms with Crippen LogP contribution in [0.3, 0.4) is 0 Å². The van der Waals surface area contributed by atoms with Crippen LogP contribution in [-0.4, -0.2) is 64.6 Å². The topological polar surface area (TPSA) is 127 Å². The largest absolute Gasteiger partial charge is 0.463 e. The van der Waals surface area contributed by atoms with Gasteiger partial charge in [-0.25, -0.2) is 0 Å². The van der Waals surface area contributed by atoms with Crippen LogP contribution in [0.25, 0.3) is 0 Å². The molecule has 2 aliphatic rings. The first kappa shape index (κ1) is 20.7. The summed E-state index contributed by atoms with van der Waals surface area (Å²) in [6.07, 6.45) is 0.0703. The van der Waals surface area contributed by atoms with Crippen LogP contribution in [0.2, 0.25) is 0 Å². The van der Waals surface area contributed by atoms with Crippen molar-refractivity contribution < 1.29 is 28.7 Å². The van der Waals surface area contributed by atoms with Crippen LogP contribution in [0.4, 0.5) is 0 Å². The lowest BCUT2D eigenvalue weighted by atomic mass is 10.0. The van der Waals surface area contributed by atoms with E-state index in [4.69, 9.17) is 10.5 Å². The van der Waals surface area contributed by atoms with Gasteiger partial charge in [0.15, 0.2) is 0 Å². The summed E-state index contributed by atoms with van der Waals surface area (Å²) in [5.74, 6) is -2.92. The Balaban J connectivity index is 1.69. The Morgan fingerprint density at radius 1 is 1.14 bits per heavy atom. The molecule has 0 saturated carbocycles. The minimum absolute atomic E-state index is 0.00324. The number of nitrogens with two attached hydrogens (primary N) is 1. The van der Waals surface area contributed by atoms with Gasteiger partial charge < -0.3 is 10.5 Å². The Hall–Kier alpha value is -3.07. The SMILES string of the molecule is CC(C)[C@H](N)C(=O)OCCN1C(=O)CCC(N2C(=O)c3ccccc3C2=O)C1=O. The molecule has 0 bridgehead atoms. The van der Waals surface area contributed by atoms with Crippen LogP contribution in [0.5, 0.6) is 0 Å². The molecule has 2 atom stereocenters. The summed E-state index contributed by atoms with van der Waals surface area (Å²) in [5, 5.41) is 0. The summed E-state index contributed by atoms with van der Waals surface area (Å²) in [6.45, 7) is 3.19. The molecule has 2 heterocycles. The maximum absolute atomic E-state index is 12.9. The zero-order chi connectivity index (χ0) is 21.3. The van der Waals surface area contributed by atoms with E-state index in [-0.39, 0.29) is 43.0 Å². The van der Waals surface area contributed by atoms with Gasteiger partial charge in [0.1, 0.15) is 18.7 Å². The zero-order valence-electron chi connectivity index (χ0n) is 16.3. The summed E-state index contributed by atoms with van der Waals surface area (Å²) in [6, 6.07) is 4.49. The number of amides is 4. The monoisotopic (exact) mass is 401 g/mol. The van der Waals surface area contributed by atoms with Crippen molar-refractivity contribution in [3.8, 4) is 0 Å². The second-order valence-electron chi connectivity index (χ2n) is 7.40. The standard InChI is InChI=1S/C20H23N3O6/c1-11(2)16(21)20(28)29-10-9-22-15(24)8-7-14(19(22)27)23-17(25)12-5-3-4-6-13(12)18(23)26/h3-6,11,14,16H,7-10,21H2,1-2H3/t14?,16-/m0/s1. The molecule has 4 amide bonds. The molecular formula is C20H23N3O6. The molecule has 0 aromatic heterocycles. The lowest BCUT2D eigenvalue weighted by Gasteiger charge is -2.34. The number of likely N-dealkylation sites (tertiary alicyclic amines) is 1. The highest BCUT2D eigenvalue weighted by Gasteiger charge is 2.46. The lowest BCUT2D eigenvalue weighted by molar-refractivity contribution is -0.156. The number of piperidine rings is 1. The van der Waals surface area contributed by atoms with Crippen LogP contribution in [0.1, 0.15) is 47.4 Å². The Kier molecular flexibility index (Phi) is 5.78. The van der Waals surface area contributed by atoms with Crippen LogP contribution in [0, 0.1) is 5.92 Å². The molecule has 2 N–H and O–H groups in total. The van der Waals surface area contributed by atoms with Crippen molar-refractivity contribution in [2.24, 2.45) is 11.7 Å². The fourth-order valence-corrected chi connectivity index (χ4v) is 3.39. The van der Waals surface area contributed by atoms with Crippen molar-refractivity contribution in [1.29, 1.82) is 0 Å². The van der Waals surface area contributed by atoms with E-state index in [9.17, 15) is 24.0 Å². The molecule has 9 nitrogen and oxygen atoms in total. The number of esters is 1. The maximum atomic E-state index is 12.9. The van der Waals surface area contributed by atoms with Gasteiger partial charge in [0, 0.05) is 6.42 Å². The third-order valence-electron chi connectivity index (χ3n) is 5.17. The summed E-state index contributed by atoms with van der Waals surface area (Å²) >= 11 is 0. The quantitative estimate of drug-likeness (QED) is 0.537. The predicted molar refractivity (Wildman–Crippen MR) is 100 cm³/mol. The first-order valence-corrected chi connectivity index (χ1v) is 9.47. The second kappa shape index (κ2) is 8.12. The molecule has 1 saturated heterocycles. The van der Waals surface area contributed by atoms with Gasteiger partial charge in [0.2, 0.25) is 5.91 Å². The summed E-state index contributed by atoms with van der Waals surface area (Å²) in [4.78, 5) is 64.1. The average molecular weight is 401 g/mol. The smallest absolute Gasteiger partial charge is 0.323 e. The van der Waals surface area contributed by atoms with Gasteiger partial charge in [-0.15, -0.1) is 0 Å². The van der Waals surface area contributed by atoms with E-state index >= 15 is 0 Å². The first-order chi connectivity index (χ1) is 13.7. The molecule has 9 heteroatoms. The Morgan fingerprint density at radius 3 is 2.28 bits per heavy atom. The Labute approximate surface area is 167 Å². The van der Waals surface area contributed by atoms with Crippen molar-refractivity contribution >= 4 is 29.6 Å². The van der Waals surface area contributed by atoms with E-state index in [2.05, 4.69) is 0 Å². The predicted octanol–water partition coefficient (Wildman–Crippen LogP) is 0.327. The highest BCUT2D eigenvalue weighted by atomic mass is 16.5. The van der Waals surface area contributed by atoms with E-state index in [0.29, 0.717) is 0 Å². The van der Waals surface area contributed by atoms with Crippen molar-refractivity contribution in [3.05, 3.63) is 35.4 Å². The van der Waals surface area contributed by atoms with E-state index < -0.39 is 41.7 Å². The number of hydrogen-bond donors (Lipinski definition) is 1. The number of benzene rings is 1. The first-order valence-electron chi connectivity index (χ1n) is 9.47. The van der Waals surface area contributed by atoms with Gasteiger partial charge in [-0.05, 0) is 24.5 Å². The number of carbonyl (C=O) groups is 5. The van der Waals surface area contributed by atoms with Gasteiger partial charge >= 0.3 is 5.97 Å². The van der Waals surface area contributed by atoms with Crippen molar-refractivity contribution in [3.63, 3.8) is 0 Å². The molecule has 0 spiro atoms. The number of ether oxygens (including phenoxy) is 1. The van der Waals surface area contributed by atoms with Crippen LogP contribution in [-0.2, 0) is 19.1 Å². The van der Waals surface area contributed by atoms with Crippen molar-refractivity contribution in [2.45, 2.75) is 38.8 Å². The molecule has 3 rings (SSSR count). The lowest BCUT2D eigenvalue weighted by Crippen LogP contribution is -2.56. The molecular weight excluding hydrogens is 378 g/mol. The van der Waals surface area contributed by atoms with Gasteiger partial charge in [-0.1, -0.05) is 26.0 Å². The molecule has 154 valence electrons. The maximum Gasteiger partial charge on any atom is 0.323 e. The normalized spacial score (nSPS) is 20.3. The number of hydrogen-bond acceptors (Lipinski definition) is 7. The number of rotatable bonds is 6. The van der Waals surface area contributed by atoms with Crippen LogP contribution < -0.4 is 5.73 Å². The summed E-state index contributed by atoms with van der Waals surface area (Å²) in [5.41, 5.74) is 6.19. The minimum atomic E-state index is -1.06. The fourth-order valence-electron chi connectivity index (χ4n) is 3.39. The van der Waals surface area contributed by atoms with Crippen LogP contribution in [0.15, 0.2) is 24.3 Å². The molecule has 1 fully saturated rings. The molecule has 1 unspecified atom stereocenters. The van der Waals surface area contributed by atoms with Crippen molar-refractivity contribution in [1.82, 2.24) is 9.80 Å². The molecule has 1 aromatic rings. The molecule has 2 aliphatic heterocycles. The zero-order valence-corrected chi connectivity index (χ0v) is 16.3. The molecule has 1 aromatic carbocycles. The second-order valence-corrected chi connectivity index (χ2v) is 7.40. The van der Waals surface area contributed by atoms with Gasteiger partial charge in [-0.3, -0.25) is 33.8 Å². The third kappa shape index (κ3) is 3.77. The van der Waals surface area contributed by atoms with E-state index in [1.165, 1.54) is 12.1 Å². The molecule has 29 heavy (non-hydrogen) atoms. The van der Waals surface area contributed by atoms with Gasteiger partial charge in [0.05, 0.1) is 17.7 Å². The third-order valence-corrected chi connectivity index (χ3v) is 5.17. The van der Waals surface area contributed by atoms with E-state index in [0.717, 1.165) is 9.80 Å². The molecule has 0 aliphatic carbocycles. The van der Waals surface area contributed by atoms with E-state index in [1.54, 1.807) is 26.0 Å². The number of carbonyl (C=O) groups excluding carboxylic acids is 5. The van der Waals surface area contributed by atoms with E-state index in [1.807, 2.05) is 0 Å². The molecule has 0 radical (unpaired) electrons. The number of imide groups is 2. The highest BCUT2D eigenvalue weighted by molar-refractivity contribution is 6.23. The Bertz CT molecular complexity index is 846. The highest BCUT2D eigenvalue weighted by Crippen LogP contribution is 2.28. The van der Waals surface area contributed by atoms with Gasteiger partial charge in [0.25, 0.3) is 17.7 Å². The van der Waals surface area contributed by atoms with Crippen LogP contribution >= 0.6 is 0 Å². The Morgan fingerprint density at radius 2 is 1.72 bits per heavy atom. The number of nitrogens with zero attached hydrogens (tertiary/aromatic N) is 2. The van der Waals surface area contributed by atoms with Gasteiger partial charge in [-0.2, -0.15) is 0 Å². The minimum Gasteiger partial charge on any atom is -0.463 e.